The maximum atomic E-state index is 9.96. The standard InChI is InChI=1S/C4H6N2O2S2/c7-10(8)6-3-4-5-1-2-9-4/h1-2,6H,3H2,(H,7,8)/p-1. The van der Waals surface area contributed by atoms with E-state index < -0.39 is 11.3 Å². The Morgan fingerprint density at radius 1 is 1.90 bits per heavy atom. The van der Waals surface area contributed by atoms with E-state index in [1.165, 1.54) is 11.3 Å². The molecule has 0 aliphatic heterocycles. The molecule has 0 fully saturated rings. The van der Waals surface area contributed by atoms with Crippen molar-refractivity contribution in [1.82, 2.24) is 9.71 Å². The van der Waals surface area contributed by atoms with Gasteiger partial charge in [0, 0.05) is 22.8 Å². The van der Waals surface area contributed by atoms with Crippen LogP contribution in [0.25, 0.3) is 0 Å². The lowest BCUT2D eigenvalue weighted by atomic mass is 10.7. The van der Waals surface area contributed by atoms with Crippen molar-refractivity contribution in [2.75, 3.05) is 0 Å². The molecule has 1 heterocycles. The first-order chi connectivity index (χ1) is 4.79. The predicted octanol–water partition coefficient (Wildman–Crippen LogP) is 0.0268. The normalized spacial score (nSPS) is 13.3. The van der Waals surface area contributed by atoms with E-state index in [0.717, 1.165) is 5.01 Å². The van der Waals surface area contributed by atoms with Crippen molar-refractivity contribution in [1.29, 1.82) is 0 Å². The monoisotopic (exact) mass is 177 g/mol. The van der Waals surface area contributed by atoms with Crippen molar-refractivity contribution in [3.63, 3.8) is 0 Å². The van der Waals surface area contributed by atoms with E-state index in [9.17, 15) is 8.76 Å². The molecule has 1 aromatic heterocycles. The summed E-state index contributed by atoms with van der Waals surface area (Å²) in [6, 6.07) is 0. The number of hydrogen-bond donors (Lipinski definition) is 1. The molecule has 1 N–H and O–H groups in total. The molecule has 0 aromatic carbocycles. The van der Waals surface area contributed by atoms with Crippen LogP contribution in [0.2, 0.25) is 0 Å². The molecule has 1 unspecified atom stereocenters. The van der Waals surface area contributed by atoms with Gasteiger partial charge in [-0.3, -0.25) is 4.21 Å². The summed E-state index contributed by atoms with van der Waals surface area (Å²) in [4.78, 5) is 3.87. The van der Waals surface area contributed by atoms with Gasteiger partial charge < -0.3 is 4.55 Å². The van der Waals surface area contributed by atoms with Gasteiger partial charge in [0.1, 0.15) is 5.01 Å². The number of nitrogens with one attached hydrogen (secondary N) is 1. The van der Waals surface area contributed by atoms with Gasteiger partial charge in [-0.2, -0.15) is 0 Å². The molecule has 0 saturated heterocycles. The van der Waals surface area contributed by atoms with Crippen LogP contribution in [0.1, 0.15) is 5.01 Å². The van der Waals surface area contributed by atoms with Crippen LogP contribution < -0.4 is 4.72 Å². The topological polar surface area (TPSA) is 65.0 Å². The van der Waals surface area contributed by atoms with Crippen molar-refractivity contribution >= 4 is 22.6 Å². The molecule has 0 spiro atoms. The highest BCUT2D eigenvalue weighted by molar-refractivity contribution is 7.77. The summed E-state index contributed by atoms with van der Waals surface area (Å²) in [6.45, 7) is 0.285. The third-order valence-electron chi connectivity index (χ3n) is 0.825. The molecule has 10 heavy (non-hydrogen) atoms. The average molecular weight is 177 g/mol. The highest BCUT2D eigenvalue weighted by Crippen LogP contribution is 2.02. The van der Waals surface area contributed by atoms with E-state index in [1.807, 2.05) is 0 Å². The lowest BCUT2D eigenvalue weighted by Crippen LogP contribution is -2.15. The van der Waals surface area contributed by atoms with Gasteiger partial charge in [0.05, 0.1) is 6.54 Å². The van der Waals surface area contributed by atoms with Gasteiger partial charge in [-0.05, 0) is 0 Å². The molecule has 0 radical (unpaired) electrons. The van der Waals surface area contributed by atoms with E-state index >= 15 is 0 Å². The lowest BCUT2D eigenvalue weighted by Gasteiger charge is -2.03. The van der Waals surface area contributed by atoms with Gasteiger partial charge in [-0.15, -0.1) is 11.3 Å². The summed E-state index contributed by atoms with van der Waals surface area (Å²) < 4.78 is 22.1. The fourth-order valence-corrected chi connectivity index (χ4v) is 1.36. The second-order valence-corrected chi connectivity index (χ2v) is 3.22. The van der Waals surface area contributed by atoms with Gasteiger partial charge in [0.2, 0.25) is 0 Å². The number of rotatable bonds is 3. The number of hydrogen-bond acceptors (Lipinski definition) is 4. The molecule has 1 aromatic rings. The third kappa shape index (κ3) is 2.53. The zero-order valence-electron chi connectivity index (χ0n) is 4.94. The van der Waals surface area contributed by atoms with Crippen molar-refractivity contribution in [3.05, 3.63) is 16.6 Å². The maximum absolute atomic E-state index is 9.96. The van der Waals surface area contributed by atoms with Crippen LogP contribution in [0.4, 0.5) is 0 Å². The van der Waals surface area contributed by atoms with E-state index in [1.54, 1.807) is 11.6 Å². The van der Waals surface area contributed by atoms with Gasteiger partial charge in [0.25, 0.3) is 0 Å². The van der Waals surface area contributed by atoms with Crippen molar-refractivity contribution in [3.8, 4) is 0 Å². The van der Waals surface area contributed by atoms with Crippen LogP contribution in [0.15, 0.2) is 11.6 Å². The molecule has 0 amide bonds. The zero-order valence-corrected chi connectivity index (χ0v) is 6.58. The van der Waals surface area contributed by atoms with Crippen LogP contribution in [0.5, 0.6) is 0 Å². The van der Waals surface area contributed by atoms with Gasteiger partial charge in [0.15, 0.2) is 0 Å². The molecular weight excluding hydrogens is 172 g/mol. The summed E-state index contributed by atoms with van der Waals surface area (Å²) >= 11 is -0.766. The number of aromatic nitrogens is 1. The summed E-state index contributed by atoms with van der Waals surface area (Å²) in [6.07, 6.45) is 1.63. The highest BCUT2D eigenvalue weighted by atomic mass is 32.2. The zero-order chi connectivity index (χ0) is 7.40. The molecule has 0 saturated carbocycles. The van der Waals surface area contributed by atoms with Crippen LogP contribution in [-0.4, -0.2) is 13.7 Å². The smallest absolute Gasteiger partial charge is 0.107 e. The molecule has 1 atom stereocenters. The Morgan fingerprint density at radius 3 is 3.20 bits per heavy atom. The van der Waals surface area contributed by atoms with E-state index in [4.69, 9.17) is 0 Å². The van der Waals surface area contributed by atoms with Crippen LogP contribution in [-0.2, 0) is 17.8 Å². The molecule has 4 nitrogen and oxygen atoms in total. The van der Waals surface area contributed by atoms with Crippen LogP contribution in [0.3, 0.4) is 0 Å². The molecule has 0 aliphatic rings. The first-order valence-electron chi connectivity index (χ1n) is 2.50. The Morgan fingerprint density at radius 2 is 2.70 bits per heavy atom. The largest absolute Gasteiger partial charge is 0.760 e. The number of nitrogens with zero attached hydrogens (tertiary/aromatic N) is 1. The van der Waals surface area contributed by atoms with Crippen molar-refractivity contribution < 1.29 is 8.76 Å². The Bertz CT molecular complexity index is 211. The maximum Gasteiger partial charge on any atom is 0.107 e. The van der Waals surface area contributed by atoms with Crippen molar-refractivity contribution in [2.24, 2.45) is 0 Å². The molecule has 0 bridgehead atoms. The highest BCUT2D eigenvalue weighted by Gasteiger charge is 1.91. The Hall–Kier alpha value is -0.300. The minimum Gasteiger partial charge on any atom is -0.760 e. The second-order valence-electron chi connectivity index (χ2n) is 1.48. The van der Waals surface area contributed by atoms with E-state index in [-0.39, 0.29) is 6.54 Å². The van der Waals surface area contributed by atoms with E-state index in [2.05, 4.69) is 9.71 Å². The summed E-state index contributed by atoms with van der Waals surface area (Å²) in [5.74, 6) is 0. The minimum absolute atomic E-state index is 0.285. The molecule has 56 valence electrons. The average Bonchev–Trinajstić information content (AvgIpc) is 2.34. The fourth-order valence-electron chi connectivity index (χ4n) is 0.461. The Balaban J connectivity index is 2.35. The quantitative estimate of drug-likeness (QED) is 0.662. The first-order valence-corrected chi connectivity index (χ1v) is 4.45. The number of thiazole rings is 1. The molecule has 1 rings (SSSR count). The second kappa shape index (κ2) is 3.77. The fraction of sp³-hybridized carbons (Fsp3) is 0.250. The summed E-state index contributed by atoms with van der Waals surface area (Å²) in [5, 5.41) is 2.56. The molecule has 0 aliphatic carbocycles. The van der Waals surface area contributed by atoms with Crippen molar-refractivity contribution in [2.45, 2.75) is 6.54 Å². The third-order valence-corrected chi connectivity index (χ3v) is 1.98. The van der Waals surface area contributed by atoms with Crippen LogP contribution in [0, 0.1) is 0 Å². The summed E-state index contributed by atoms with van der Waals surface area (Å²) in [5.41, 5.74) is 0. The SMILES string of the molecule is O=S([O-])NCc1nccs1. The molecular formula is C4H5N2O2S2-. The van der Waals surface area contributed by atoms with Gasteiger partial charge >= 0.3 is 0 Å². The lowest BCUT2D eigenvalue weighted by molar-refractivity contribution is 0.522. The molecule has 6 heteroatoms. The Kier molecular flexibility index (Phi) is 2.94. The summed E-state index contributed by atoms with van der Waals surface area (Å²) in [7, 11) is 0. The Labute approximate surface area is 64.7 Å². The van der Waals surface area contributed by atoms with Gasteiger partial charge in [-0.1, -0.05) is 0 Å². The van der Waals surface area contributed by atoms with Crippen LogP contribution >= 0.6 is 11.3 Å². The van der Waals surface area contributed by atoms with E-state index in [0.29, 0.717) is 0 Å². The minimum atomic E-state index is -2.18. The predicted molar refractivity (Wildman–Crippen MR) is 37.9 cm³/mol. The van der Waals surface area contributed by atoms with Gasteiger partial charge in [-0.25, -0.2) is 9.71 Å². The first kappa shape index (κ1) is 7.80.